The standard InChI is InChI=1S/C9H15F3OS/c1-8(13)14-7-3-2-4-9(11,12)5-6-10/h2-7H2,1H3. The Hall–Kier alpha value is -0.190. The second-order valence-electron chi connectivity index (χ2n) is 3.09. The number of halogens is 3. The van der Waals surface area contributed by atoms with Crippen LogP contribution in [0.2, 0.25) is 0 Å². The Morgan fingerprint density at radius 1 is 1.29 bits per heavy atom. The number of hydrogen-bond donors (Lipinski definition) is 0. The van der Waals surface area contributed by atoms with Crippen LogP contribution in [0.3, 0.4) is 0 Å². The van der Waals surface area contributed by atoms with Crippen molar-refractivity contribution < 1.29 is 18.0 Å². The summed E-state index contributed by atoms with van der Waals surface area (Å²) in [6, 6.07) is 0. The summed E-state index contributed by atoms with van der Waals surface area (Å²) in [4.78, 5) is 10.5. The second-order valence-corrected chi connectivity index (χ2v) is 4.36. The minimum atomic E-state index is -2.88. The van der Waals surface area contributed by atoms with Crippen LogP contribution in [0.5, 0.6) is 0 Å². The van der Waals surface area contributed by atoms with Gasteiger partial charge in [-0.3, -0.25) is 9.18 Å². The highest BCUT2D eigenvalue weighted by Crippen LogP contribution is 2.25. The second kappa shape index (κ2) is 7.15. The predicted molar refractivity (Wildman–Crippen MR) is 52.5 cm³/mol. The third-order valence-corrected chi connectivity index (χ3v) is 2.60. The van der Waals surface area contributed by atoms with Gasteiger partial charge in [0.05, 0.1) is 6.67 Å². The number of unbranched alkanes of at least 4 members (excludes halogenated alkanes) is 1. The summed E-state index contributed by atoms with van der Waals surface area (Å²) in [5, 5.41) is 0.000480. The first-order valence-corrected chi connectivity index (χ1v) is 5.53. The van der Waals surface area contributed by atoms with Crippen LogP contribution in [0, 0.1) is 0 Å². The van der Waals surface area contributed by atoms with Crippen LogP contribution in [0.15, 0.2) is 0 Å². The average Bonchev–Trinajstić information content (AvgIpc) is 2.02. The van der Waals surface area contributed by atoms with Crippen LogP contribution < -0.4 is 0 Å². The molecule has 1 nitrogen and oxygen atoms in total. The lowest BCUT2D eigenvalue weighted by atomic mass is 10.1. The van der Waals surface area contributed by atoms with E-state index in [0.29, 0.717) is 18.6 Å². The van der Waals surface area contributed by atoms with E-state index in [-0.39, 0.29) is 11.5 Å². The molecule has 0 atom stereocenters. The number of thioether (sulfide) groups is 1. The Labute approximate surface area is 86.4 Å². The first-order chi connectivity index (χ1) is 6.48. The van der Waals surface area contributed by atoms with E-state index in [0.717, 1.165) is 11.8 Å². The molecule has 0 spiro atoms. The maximum absolute atomic E-state index is 12.7. The van der Waals surface area contributed by atoms with E-state index in [2.05, 4.69) is 0 Å². The summed E-state index contributed by atoms with van der Waals surface area (Å²) in [6.07, 6.45) is -0.0539. The molecule has 84 valence electrons. The van der Waals surface area contributed by atoms with Gasteiger partial charge in [-0.15, -0.1) is 0 Å². The molecule has 0 saturated carbocycles. The molecule has 0 aliphatic heterocycles. The summed E-state index contributed by atoms with van der Waals surface area (Å²) in [6.45, 7) is 0.470. The van der Waals surface area contributed by atoms with Crippen LogP contribution in [-0.4, -0.2) is 23.5 Å². The first kappa shape index (κ1) is 13.8. The molecule has 0 aliphatic rings. The molecule has 0 aromatic rings. The monoisotopic (exact) mass is 228 g/mol. The van der Waals surface area contributed by atoms with Crippen molar-refractivity contribution in [3.63, 3.8) is 0 Å². The summed E-state index contributed by atoms with van der Waals surface area (Å²) < 4.78 is 37.0. The molecule has 14 heavy (non-hydrogen) atoms. The van der Waals surface area contributed by atoms with Crippen molar-refractivity contribution in [1.29, 1.82) is 0 Å². The molecule has 0 rings (SSSR count). The lowest BCUT2D eigenvalue weighted by molar-refractivity contribution is -0.109. The number of carbonyl (C=O) groups excluding carboxylic acids is 1. The molecule has 0 aliphatic carbocycles. The van der Waals surface area contributed by atoms with E-state index in [1.54, 1.807) is 0 Å². The maximum atomic E-state index is 12.7. The highest BCUT2D eigenvalue weighted by atomic mass is 32.2. The van der Waals surface area contributed by atoms with Crippen LogP contribution in [-0.2, 0) is 4.79 Å². The zero-order valence-electron chi connectivity index (χ0n) is 8.19. The van der Waals surface area contributed by atoms with Gasteiger partial charge in [-0.2, -0.15) is 0 Å². The molecule has 0 bridgehead atoms. The molecule has 0 radical (unpaired) electrons. The van der Waals surface area contributed by atoms with Gasteiger partial charge in [0.2, 0.25) is 0 Å². The predicted octanol–water partition coefficient (Wildman–Crippen LogP) is 3.43. The molecular weight excluding hydrogens is 213 g/mol. The molecule has 0 unspecified atom stereocenters. The number of alkyl halides is 3. The lowest BCUT2D eigenvalue weighted by Crippen LogP contribution is -2.16. The van der Waals surface area contributed by atoms with Crippen molar-refractivity contribution in [1.82, 2.24) is 0 Å². The molecule has 0 aromatic heterocycles. The first-order valence-electron chi connectivity index (χ1n) is 4.55. The van der Waals surface area contributed by atoms with E-state index in [4.69, 9.17) is 0 Å². The minimum absolute atomic E-state index is 0.000480. The molecule has 0 fully saturated rings. The van der Waals surface area contributed by atoms with E-state index in [9.17, 15) is 18.0 Å². The van der Waals surface area contributed by atoms with Crippen molar-refractivity contribution in [3.05, 3.63) is 0 Å². The largest absolute Gasteiger partial charge is 0.288 e. The summed E-state index contributed by atoms with van der Waals surface area (Å²) >= 11 is 1.14. The van der Waals surface area contributed by atoms with Crippen LogP contribution in [0.25, 0.3) is 0 Å². The summed E-state index contributed by atoms with van der Waals surface area (Å²) in [7, 11) is 0. The molecule has 5 heteroatoms. The lowest BCUT2D eigenvalue weighted by Gasteiger charge is -2.13. The molecular formula is C9H15F3OS. The van der Waals surface area contributed by atoms with Crippen molar-refractivity contribution in [2.24, 2.45) is 0 Å². The fourth-order valence-corrected chi connectivity index (χ4v) is 1.60. The van der Waals surface area contributed by atoms with Gasteiger partial charge in [0.25, 0.3) is 5.92 Å². The van der Waals surface area contributed by atoms with Gasteiger partial charge in [-0.25, -0.2) is 8.78 Å². The molecule has 0 saturated heterocycles. The van der Waals surface area contributed by atoms with Crippen LogP contribution in [0.4, 0.5) is 13.2 Å². The van der Waals surface area contributed by atoms with Crippen molar-refractivity contribution in [2.75, 3.05) is 12.4 Å². The highest BCUT2D eigenvalue weighted by molar-refractivity contribution is 8.13. The normalized spacial score (nSPS) is 11.7. The molecule has 0 aromatic carbocycles. The van der Waals surface area contributed by atoms with Crippen molar-refractivity contribution in [3.8, 4) is 0 Å². The van der Waals surface area contributed by atoms with E-state index in [1.807, 2.05) is 0 Å². The smallest absolute Gasteiger partial charge is 0.250 e. The fraction of sp³-hybridized carbons (Fsp3) is 0.889. The number of rotatable bonds is 7. The number of carbonyl (C=O) groups is 1. The topological polar surface area (TPSA) is 17.1 Å². The maximum Gasteiger partial charge on any atom is 0.250 e. The molecule has 0 N–H and O–H groups in total. The Morgan fingerprint density at radius 2 is 1.93 bits per heavy atom. The van der Waals surface area contributed by atoms with Gasteiger partial charge in [0, 0.05) is 25.5 Å². The van der Waals surface area contributed by atoms with Crippen molar-refractivity contribution in [2.45, 2.75) is 38.5 Å². The Kier molecular flexibility index (Phi) is 7.05. The van der Waals surface area contributed by atoms with Gasteiger partial charge in [-0.1, -0.05) is 11.8 Å². The van der Waals surface area contributed by atoms with E-state index < -0.39 is 19.0 Å². The van der Waals surface area contributed by atoms with Gasteiger partial charge in [-0.05, 0) is 12.8 Å². The SMILES string of the molecule is CC(=O)SCCCCC(F)(F)CCF. The Morgan fingerprint density at radius 3 is 2.43 bits per heavy atom. The summed E-state index contributed by atoms with van der Waals surface area (Å²) in [5.74, 6) is -2.31. The zero-order chi connectivity index (χ0) is 11.0. The third kappa shape index (κ3) is 8.41. The zero-order valence-corrected chi connectivity index (χ0v) is 9.01. The average molecular weight is 228 g/mol. The van der Waals surface area contributed by atoms with Gasteiger partial charge >= 0.3 is 0 Å². The fourth-order valence-electron chi connectivity index (χ4n) is 0.965. The summed E-state index contributed by atoms with van der Waals surface area (Å²) in [5.41, 5.74) is 0. The molecule has 0 heterocycles. The van der Waals surface area contributed by atoms with Gasteiger partial charge in [0.1, 0.15) is 0 Å². The van der Waals surface area contributed by atoms with Crippen LogP contribution in [0.1, 0.15) is 32.6 Å². The van der Waals surface area contributed by atoms with Crippen LogP contribution >= 0.6 is 11.8 Å². The minimum Gasteiger partial charge on any atom is -0.288 e. The Bertz CT molecular complexity index is 173. The highest BCUT2D eigenvalue weighted by Gasteiger charge is 2.27. The van der Waals surface area contributed by atoms with E-state index >= 15 is 0 Å². The number of hydrogen-bond acceptors (Lipinski definition) is 2. The molecule has 0 amide bonds. The Balaban J connectivity index is 3.39. The van der Waals surface area contributed by atoms with E-state index in [1.165, 1.54) is 6.92 Å². The quantitative estimate of drug-likeness (QED) is 0.621. The van der Waals surface area contributed by atoms with Gasteiger partial charge in [0.15, 0.2) is 5.12 Å². The van der Waals surface area contributed by atoms with Crippen molar-refractivity contribution >= 4 is 16.9 Å². The third-order valence-electron chi connectivity index (χ3n) is 1.70. The van der Waals surface area contributed by atoms with Gasteiger partial charge < -0.3 is 0 Å².